The molecule has 2 rings (SSSR count). The second-order valence-corrected chi connectivity index (χ2v) is 5.81. The normalized spacial score (nSPS) is 10.2. The minimum absolute atomic E-state index is 0.00574. The zero-order valence-electron chi connectivity index (χ0n) is 13.6. The predicted molar refractivity (Wildman–Crippen MR) is 95.2 cm³/mol. The number of carbonyl (C=O) groups excluding carboxylic acids is 2. The summed E-state index contributed by atoms with van der Waals surface area (Å²) in [6, 6.07) is 10.6. The monoisotopic (exact) mass is 360 g/mol. The van der Waals surface area contributed by atoms with Gasteiger partial charge in [-0.25, -0.2) is 4.79 Å². The Morgan fingerprint density at radius 1 is 1.16 bits per heavy atom. The number of rotatable bonds is 6. The Morgan fingerprint density at radius 2 is 1.80 bits per heavy atom. The van der Waals surface area contributed by atoms with Crippen molar-refractivity contribution in [2.75, 3.05) is 18.2 Å². The molecule has 7 nitrogen and oxygen atoms in total. The van der Waals surface area contributed by atoms with Crippen LogP contribution in [0.3, 0.4) is 0 Å². The number of hydrogen-bond donors (Lipinski definition) is 1. The molecule has 1 N–H and O–H groups in total. The molecule has 0 aliphatic carbocycles. The van der Waals surface area contributed by atoms with Crippen molar-refractivity contribution >= 4 is 35.0 Å². The molecule has 0 atom stereocenters. The molecule has 0 bridgehead atoms. The molecular formula is C17H16N2O5S. The lowest BCUT2D eigenvalue weighted by Crippen LogP contribution is -2.14. The standard InChI is InChI=1S/C17H16N2O5S/c1-3-24-17(21)12-8-11(9-14(10-12)19(22)23)16(20)18-13-4-6-15(25-2)7-5-13/h4-10H,3H2,1-2H3,(H,18,20). The van der Waals surface area contributed by atoms with Crippen LogP contribution in [0.25, 0.3) is 0 Å². The van der Waals surface area contributed by atoms with Crippen LogP contribution in [-0.2, 0) is 4.74 Å². The Kier molecular flexibility index (Phi) is 6.13. The van der Waals surface area contributed by atoms with E-state index in [4.69, 9.17) is 4.74 Å². The lowest BCUT2D eigenvalue weighted by molar-refractivity contribution is -0.384. The second kappa shape index (κ2) is 8.29. The predicted octanol–water partition coefficient (Wildman–Crippen LogP) is 3.75. The molecule has 130 valence electrons. The molecule has 0 heterocycles. The Morgan fingerprint density at radius 3 is 2.36 bits per heavy atom. The van der Waals surface area contributed by atoms with Crippen molar-refractivity contribution in [1.29, 1.82) is 0 Å². The summed E-state index contributed by atoms with van der Waals surface area (Å²) < 4.78 is 4.85. The first kappa shape index (κ1) is 18.5. The van der Waals surface area contributed by atoms with Gasteiger partial charge in [0.05, 0.1) is 17.1 Å². The highest BCUT2D eigenvalue weighted by Gasteiger charge is 2.18. The SMILES string of the molecule is CCOC(=O)c1cc(C(=O)Nc2ccc(SC)cc2)cc([N+](=O)[O-])c1. The van der Waals surface area contributed by atoms with E-state index in [0.29, 0.717) is 5.69 Å². The van der Waals surface area contributed by atoms with Crippen molar-refractivity contribution in [2.24, 2.45) is 0 Å². The molecule has 0 aliphatic rings. The van der Waals surface area contributed by atoms with Gasteiger partial charge < -0.3 is 10.1 Å². The average Bonchev–Trinajstić information content (AvgIpc) is 2.62. The molecule has 2 aromatic rings. The Balaban J connectivity index is 2.30. The number of benzene rings is 2. The van der Waals surface area contributed by atoms with Crippen molar-refractivity contribution in [3.8, 4) is 0 Å². The van der Waals surface area contributed by atoms with E-state index in [1.807, 2.05) is 18.4 Å². The summed E-state index contributed by atoms with van der Waals surface area (Å²) in [5.74, 6) is -1.27. The van der Waals surface area contributed by atoms with E-state index < -0.39 is 16.8 Å². The number of amides is 1. The van der Waals surface area contributed by atoms with Gasteiger partial charge in [-0.3, -0.25) is 14.9 Å². The molecule has 0 spiro atoms. The maximum atomic E-state index is 12.4. The smallest absolute Gasteiger partial charge is 0.338 e. The summed E-state index contributed by atoms with van der Waals surface area (Å²) in [7, 11) is 0. The number of anilines is 1. The Bertz CT molecular complexity index is 805. The van der Waals surface area contributed by atoms with E-state index in [9.17, 15) is 19.7 Å². The molecule has 0 unspecified atom stereocenters. The first-order chi connectivity index (χ1) is 11.9. The molecule has 1 amide bonds. The van der Waals surface area contributed by atoms with E-state index in [1.54, 1.807) is 30.8 Å². The third kappa shape index (κ3) is 4.80. The number of nitro benzene ring substituents is 1. The third-order valence-electron chi connectivity index (χ3n) is 3.25. The van der Waals surface area contributed by atoms with Gasteiger partial charge in [0.15, 0.2) is 0 Å². The van der Waals surface area contributed by atoms with Gasteiger partial charge in [0, 0.05) is 28.3 Å². The average molecular weight is 360 g/mol. The zero-order valence-corrected chi connectivity index (χ0v) is 14.5. The molecule has 0 saturated heterocycles. The number of nitrogens with one attached hydrogen (secondary N) is 1. The molecule has 0 saturated carbocycles. The van der Waals surface area contributed by atoms with Crippen molar-refractivity contribution in [3.63, 3.8) is 0 Å². The number of non-ortho nitro benzene ring substituents is 1. The van der Waals surface area contributed by atoms with Crippen molar-refractivity contribution in [2.45, 2.75) is 11.8 Å². The largest absolute Gasteiger partial charge is 0.462 e. The van der Waals surface area contributed by atoms with E-state index in [0.717, 1.165) is 17.0 Å². The first-order valence-electron chi connectivity index (χ1n) is 7.36. The van der Waals surface area contributed by atoms with Crippen LogP contribution in [0.5, 0.6) is 0 Å². The number of nitro groups is 1. The highest BCUT2D eigenvalue weighted by atomic mass is 32.2. The molecule has 0 fully saturated rings. The van der Waals surface area contributed by atoms with Crippen LogP contribution in [0.4, 0.5) is 11.4 Å². The molecule has 0 aliphatic heterocycles. The number of hydrogen-bond acceptors (Lipinski definition) is 6. The van der Waals surface area contributed by atoms with E-state index >= 15 is 0 Å². The van der Waals surface area contributed by atoms with Gasteiger partial charge in [-0.2, -0.15) is 0 Å². The summed E-state index contributed by atoms with van der Waals surface area (Å²) in [5, 5.41) is 13.7. The fourth-order valence-corrected chi connectivity index (χ4v) is 2.47. The van der Waals surface area contributed by atoms with Crippen molar-refractivity contribution < 1.29 is 19.2 Å². The molecule has 0 radical (unpaired) electrons. The first-order valence-corrected chi connectivity index (χ1v) is 8.59. The van der Waals surface area contributed by atoms with E-state index in [2.05, 4.69) is 5.32 Å². The van der Waals surface area contributed by atoms with E-state index in [-0.39, 0.29) is 23.4 Å². The van der Waals surface area contributed by atoms with Crippen LogP contribution < -0.4 is 5.32 Å². The molecule has 25 heavy (non-hydrogen) atoms. The lowest BCUT2D eigenvalue weighted by atomic mass is 10.1. The number of esters is 1. The highest BCUT2D eigenvalue weighted by Crippen LogP contribution is 2.21. The van der Waals surface area contributed by atoms with Crippen LogP contribution in [0, 0.1) is 10.1 Å². The molecular weight excluding hydrogens is 344 g/mol. The Hall–Kier alpha value is -2.87. The van der Waals surface area contributed by atoms with Crippen molar-refractivity contribution in [3.05, 3.63) is 63.7 Å². The summed E-state index contributed by atoms with van der Waals surface area (Å²) in [6.45, 7) is 1.76. The topological polar surface area (TPSA) is 98.5 Å². The lowest BCUT2D eigenvalue weighted by Gasteiger charge is -2.08. The van der Waals surface area contributed by atoms with Gasteiger partial charge >= 0.3 is 5.97 Å². The van der Waals surface area contributed by atoms with Crippen LogP contribution in [0.1, 0.15) is 27.6 Å². The zero-order chi connectivity index (χ0) is 18.4. The molecule has 0 aromatic heterocycles. The Labute approximate surface area is 148 Å². The molecule has 2 aromatic carbocycles. The van der Waals surface area contributed by atoms with E-state index in [1.165, 1.54) is 6.07 Å². The summed E-state index contributed by atoms with van der Waals surface area (Å²) >= 11 is 1.57. The van der Waals surface area contributed by atoms with Crippen LogP contribution in [0.2, 0.25) is 0 Å². The van der Waals surface area contributed by atoms with Crippen LogP contribution >= 0.6 is 11.8 Å². The maximum Gasteiger partial charge on any atom is 0.338 e. The van der Waals surface area contributed by atoms with Crippen LogP contribution in [0.15, 0.2) is 47.4 Å². The second-order valence-electron chi connectivity index (χ2n) is 4.93. The van der Waals surface area contributed by atoms with Crippen molar-refractivity contribution in [1.82, 2.24) is 0 Å². The molecule has 8 heteroatoms. The summed E-state index contributed by atoms with van der Waals surface area (Å²) in [5.41, 5.74) is 0.158. The minimum atomic E-state index is -0.718. The maximum absolute atomic E-state index is 12.4. The quantitative estimate of drug-likeness (QED) is 0.365. The number of nitrogens with zero attached hydrogens (tertiary/aromatic N) is 1. The summed E-state index contributed by atoms with van der Waals surface area (Å²) in [6.07, 6.45) is 1.94. The third-order valence-corrected chi connectivity index (χ3v) is 3.99. The number of ether oxygens (including phenoxy) is 1. The van der Waals surface area contributed by atoms with Gasteiger partial charge in [-0.1, -0.05) is 0 Å². The van der Waals surface area contributed by atoms with Gasteiger partial charge in [0.1, 0.15) is 0 Å². The van der Waals surface area contributed by atoms with Gasteiger partial charge in [-0.05, 0) is 43.5 Å². The minimum Gasteiger partial charge on any atom is -0.462 e. The van der Waals surface area contributed by atoms with Gasteiger partial charge in [0.25, 0.3) is 11.6 Å². The highest BCUT2D eigenvalue weighted by molar-refractivity contribution is 7.98. The van der Waals surface area contributed by atoms with Crippen LogP contribution in [-0.4, -0.2) is 29.7 Å². The van der Waals surface area contributed by atoms with Gasteiger partial charge in [0.2, 0.25) is 0 Å². The fourth-order valence-electron chi connectivity index (χ4n) is 2.06. The number of thioether (sulfide) groups is 1. The summed E-state index contributed by atoms with van der Waals surface area (Å²) in [4.78, 5) is 35.7. The van der Waals surface area contributed by atoms with Gasteiger partial charge in [-0.15, -0.1) is 11.8 Å². The fraction of sp³-hybridized carbons (Fsp3) is 0.176. The number of carbonyl (C=O) groups is 2.